The van der Waals surface area contributed by atoms with E-state index < -0.39 is 0 Å². The molecule has 0 bridgehead atoms. The molecule has 0 N–H and O–H groups in total. The number of aromatic nitrogens is 2. The third-order valence-corrected chi connectivity index (χ3v) is 15.2. The monoisotopic (exact) mass is 1050 g/mol. The van der Waals surface area contributed by atoms with Gasteiger partial charge in [-0.15, -0.1) is 0 Å². The minimum absolute atomic E-state index is 0.641. The molecule has 0 atom stereocenters. The highest BCUT2D eigenvalue weighted by molar-refractivity contribution is 6.25. The molecule has 0 aliphatic rings. The van der Waals surface area contributed by atoms with Gasteiger partial charge in [0.25, 0.3) is 0 Å². The smallest absolute Gasteiger partial charge is 0.163 e. The predicted molar refractivity (Wildman–Crippen MR) is 325 cm³/mol. The minimum Gasteiger partial charge on any atom is -0.490 e. The highest BCUT2D eigenvalue weighted by Crippen LogP contribution is 2.45. The summed E-state index contributed by atoms with van der Waals surface area (Å²) in [6.07, 6.45) is 43.4. The van der Waals surface area contributed by atoms with Gasteiger partial charge in [0.1, 0.15) is 0 Å². The van der Waals surface area contributed by atoms with Crippen LogP contribution in [-0.2, 0) is 0 Å². The summed E-state index contributed by atoms with van der Waals surface area (Å²) in [7, 11) is 0. The van der Waals surface area contributed by atoms with Crippen LogP contribution in [0.15, 0.2) is 36.4 Å². The first-order valence-corrected chi connectivity index (χ1v) is 32.1. The van der Waals surface area contributed by atoms with Crippen LogP contribution in [0, 0.1) is 0 Å². The van der Waals surface area contributed by atoms with E-state index in [1.54, 1.807) is 0 Å². The lowest BCUT2D eigenvalue weighted by Crippen LogP contribution is -2.05. The second-order valence-corrected chi connectivity index (χ2v) is 22.1. The summed E-state index contributed by atoms with van der Waals surface area (Å²) in [5, 5.41) is 4.07. The van der Waals surface area contributed by atoms with Gasteiger partial charge in [0.2, 0.25) is 0 Å². The molecule has 76 heavy (non-hydrogen) atoms. The Morgan fingerprint density at radius 3 is 0.632 bits per heavy atom. The van der Waals surface area contributed by atoms with Crippen LogP contribution in [0.25, 0.3) is 43.6 Å². The number of ether oxygens (including phenoxy) is 6. The molecule has 4 aromatic carbocycles. The molecule has 0 saturated heterocycles. The molecule has 0 unspecified atom stereocenters. The maximum atomic E-state index is 6.79. The lowest BCUT2D eigenvalue weighted by Gasteiger charge is -2.19. The molecule has 1 aromatic heterocycles. The molecule has 0 aliphatic carbocycles. The van der Waals surface area contributed by atoms with Crippen molar-refractivity contribution in [1.82, 2.24) is 9.97 Å². The highest BCUT2D eigenvalue weighted by Gasteiger charge is 2.21. The van der Waals surface area contributed by atoms with Crippen LogP contribution in [0.1, 0.15) is 273 Å². The highest BCUT2D eigenvalue weighted by atomic mass is 16.5. The summed E-state index contributed by atoms with van der Waals surface area (Å²) in [4.78, 5) is 11.2. The number of fused-ring (bicyclic) bond motifs is 7. The van der Waals surface area contributed by atoms with E-state index in [1.165, 1.54) is 154 Å². The fourth-order valence-electron chi connectivity index (χ4n) is 10.5. The van der Waals surface area contributed by atoms with Gasteiger partial charge < -0.3 is 28.4 Å². The van der Waals surface area contributed by atoms with Gasteiger partial charge in [0.15, 0.2) is 34.5 Å². The fourth-order valence-corrected chi connectivity index (χ4v) is 10.5. The molecular formula is C68H108N2O6. The fraction of sp³-hybridized carbons (Fsp3) is 0.706. The Labute approximate surface area is 463 Å². The Balaban J connectivity index is 1.65. The average molecular weight is 1050 g/mol. The first-order valence-electron chi connectivity index (χ1n) is 32.1. The molecule has 0 aliphatic heterocycles. The number of rotatable bonds is 48. The van der Waals surface area contributed by atoms with Gasteiger partial charge in [0, 0.05) is 22.9 Å². The number of benzene rings is 4. The Morgan fingerprint density at radius 1 is 0.224 bits per heavy atom. The van der Waals surface area contributed by atoms with Crippen molar-refractivity contribution in [2.24, 2.45) is 0 Å². The number of unbranched alkanes of at least 4 members (excludes halogenated alkanes) is 30. The van der Waals surface area contributed by atoms with Gasteiger partial charge in [0.05, 0.1) is 61.7 Å². The van der Waals surface area contributed by atoms with Crippen molar-refractivity contribution in [2.45, 2.75) is 273 Å². The predicted octanol–water partition coefficient (Wildman–Crippen LogP) is 21.5. The largest absolute Gasteiger partial charge is 0.490 e. The van der Waals surface area contributed by atoms with Crippen molar-refractivity contribution < 1.29 is 28.4 Å². The van der Waals surface area contributed by atoms with Gasteiger partial charge in [-0.05, 0) is 73.6 Å². The van der Waals surface area contributed by atoms with Crippen LogP contribution in [0.5, 0.6) is 34.5 Å². The lowest BCUT2D eigenvalue weighted by atomic mass is 9.97. The maximum Gasteiger partial charge on any atom is 0.163 e. The quantitative estimate of drug-likeness (QED) is 0.0217. The van der Waals surface area contributed by atoms with E-state index in [0.29, 0.717) is 39.6 Å². The summed E-state index contributed by atoms with van der Waals surface area (Å²) in [5.74, 6) is 4.62. The van der Waals surface area contributed by atoms with E-state index in [0.717, 1.165) is 155 Å². The number of hydrogen-bond acceptors (Lipinski definition) is 8. The topological polar surface area (TPSA) is 81.2 Å². The number of hydrogen-bond donors (Lipinski definition) is 0. The molecular weight excluding hydrogens is 941 g/mol. The Kier molecular flexibility index (Phi) is 32.3. The van der Waals surface area contributed by atoms with E-state index in [2.05, 4.69) is 77.9 Å². The summed E-state index contributed by atoms with van der Waals surface area (Å²) in [5.41, 5.74) is 3.23. The van der Waals surface area contributed by atoms with Crippen LogP contribution in [0.4, 0.5) is 0 Å². The van der Waals surface area contributed by atoms with Gasteiger partial charge in [-0.1, -0.05) is 234 Å². The first-order chi connectivity index (χ1) is 37.6. The second-order valence-electron chi connectivity index (χ2n) is 22.1. The van der Waals surface area contributed by atoms with Gasteiger partial charge in [-0.3, -0.25) is 0 Å². The van der Waals surface area contributed by atoms with E-state index in [4.69, 9.17) is 38.4 Å². The zero-order valence-electron chi connectivity index (χ0n) is 49.5. The summed E-state index contributed by atoms with van der Waals surface area (Å²) in [6.45, 7) is 17.5. The number of nitrogens with zero attached hydrogens (tertiary/aromatic N) is 2. The summed E-state index contributed by atoms with van der Waals surface area (Å²) < 4.78 is 40.4. The minimum atomic E-state index is 0.641. The zero-order chi connectivity index (χ0) is 53.7. The van der Waals surface area contributed by atoms with Crippen molar-refractivity contribution in [3.8, 4) is 34.5 Å². The van der Waals surface area contributed by atoms with E-state index in [-0.39, 0.29) is 0 Å². The third kappa shape index (κ3) is 22.3. The average Bonchev–Trinajstić information content (AvgIpc) is 3.60. The normalized spacial score (nSPS) is 11.7. The van der Waals surface area contributed by atoms with Gasteiger partial charge in [-0.25, -0.2) is 9.97 Å². The van der Waals surface area contributed by atoms with Crippen molar-refractivity contribution >= 4 is 43.6 Å². The van der Waals surface area contributed by atoms with Crippen molar-refractivity contribution in [1.29, 1.82) is 0 Å². The first kappa shape index (κ1) is 62.6. The molecule has 0 spiro atoms. The maximum absolute atomic E-state index is 6.79. The van der Waals surface area contributed by atoms with E-state index in [1.807, 2.05) is 0 Å². The Bertz CT molecular complexity index is 2150. The van der Waals surface area contributed by atoms with Gasteiger partial charge >= 0.3 is 0 Å². The van der Waals surface area contributed by atoms with Crippen LogP contribution >= 0.6 is 0 Å². The van der Waals surface area contributed by atoms with Crippen molar-refractivity contribution in [3.05, 3.63) is 36.4 Å². The SMILES string of the molecule is CCCCCCCCOc1cc2nc3c4cc(OCCCCCCCC)c(OCCCCCCCC)cc4c4cc(OCCCCCCCC)c(OCCCCCCCC)cc4c3nc2cc1OCCCCCCCC. The summed E-state index contributed by atoms with van der Waals surface area (Å²) in [6, 6.07) is 13.0. The molecule has 0 fully saturated rings. The summed E-state index contributed by atoms with van der Waals surface area (Å²) >= 11 is 0. The molecule has 0 saturated carbocycles. The molecule has 0 amide bonds. The van der Waals surface area contributed by atoms with Crippen LogP contribution in [0.3, 0.4) is 0 Å². The van der Waals surface area contributed by atoms with Crippen molar-refractivity contribution in [3.63, 3.8) is 0 Å². The zero-order valence-corrected chi connectivity index (χ0v) is 49.5. The van der Waals surface area contributed by atoms with E-state index in [9.17, 15) is 0 Å². The lowest BCUT2D eigenvalue weighted by molar-refractivity contribution is 0.259. The standard InChI is InChI=1S/C68H108N2O6/c1-7-13-19-25-31-37-43-71-61-49-55-56-50-62(72-44-38-32-26-20-14-8-2)64(74-46-40-34-28-22-16-10-4)52-58(56)68-67(57(55)51-63(61)73-45-39-33-27-21-15-9-3)69-59-53-65(75-47-41-35-29-23-17-11-5)66(54-60(59)70-68)76-48-42-36-30-24-18-12-6/h49-54H,7-48H2,1-6H3. The molecule has 8 nitrogen and oxygen atoms in total. The molecule has 426 valence electrons. The van der Waals surface area contributed by atoms with Gasteiger partial charge in [-0.2, -0.15) is 0 Å². The molecule has 8 heteroatoms. The molecule has 5 aromatic rings. The third-order valence-electron chi connectivity index (χ3n) is 15.2. The molecule has 5 rings (SSSR count). The molecule has 0 radical (unpaired) electrons. The van der Waals surface area contributed by atoms with Crippen LogP contribution in [0.2, 0.25) is 0 Å². The van der Waals surface area contributed by atoms with Crippen molar-refractivity contribution in [2.75, 3.05) is 39.6 Å². The van der Waals surface area contributed by atoms with Crippen LogP contribution < -0.4 is 28.4 Å². The van der Waals surface area contributed by atoms with Crippen LogP contribution in [-0.4, -0.2) is 49.6 Å². The molecule has 1 heterocycles. The van der Waals surface area contributed by atoms with E-state index >= 15 is 0 Å². The second kappa shape index (κ2) is 39.2. The Morgan fingerprint density at radius 2 is 0.408 bits per heavy atom. The Hall–Kier alpha value is -4.20.